The number of amidine groups is 1. The number of nitrogen functional groups attached to an aromatic ring is 1. The average Bonchev–Trinajstić information content (AvgIpc) is 2.96. The molecular formula is C30H43ClN8O3. The molecule has 1 fully saturated rings. The third-order valence-corrected chi connectivity index (χ3v) is 7.53. The fourth-order valence-electron chi connectivity index (χ4n) is 5.27. The number of nitrogens with one attached hydrogen (secondary N) is 3. The van der Waals surface area contributed by atoms with E-state index >= 15 is 0 Å². The molecule has 1 unspecified atom stereocenters. The Labute approximate surface area is 253 Å². The maximum atomic E-state index is 13.9. The van der Waals surface area contributed by atoms with Crippen LogP contribution in [-0.2, 0) is 20.8 Å². The number of amides is 3. The number of carbonyl (C=O) groups excluding carboxylic acids is 3. The quantitative estimate of drug-likeness (QED) is 0.0976. The molecule has 0 spiro atoms. The van der Waals surface area contributed by atoms with Crippen LogP contribution in [-0.4, -0.2) is 48.1 Å². The monoisotopic (exact) mass is 598 g/mol. The van der Waals surface area contributed by atoms with Crippen LogP contribution in [0.25, 0.3) is 0 Å². The topological polar surface area (TPSA) is 216 Å². The zero-order valence-corrected chi connectivity index (χ0v) is 24.6. The Hall–Kier alpha value is -4.12. The van der Waals surface area contributed by atoms with Crippen LogP contribution in [0.1, 0.15) is 67.6 Å². The van der Waals surface area contributed by atoms with E-state index in [2.05, 4.69) is 15.6 Å². The first kappa shape index (κ1) is 34.1. The highest BCUT2D eigenvalue weighted by Gasteiger charge is 2.35. The van der Waals surface area contributed by atoms with Gasteiger partial charge in [-0.15, -0.1) is 12.4 Å². The summed E-state index contributed by atoms with van der Waals surface area (Å²) in [4.78, 5) is 43.6. The van der Waals surface area contributed by atoms with E-state index in [4.69, 9.17) is 28.3 Å². The van der Waals surface area contributed by atoms with Gasteiger partial charge in [0.2, 0.25) is 17.7 Å². The van der Waals surface area contributed by atoms with Gasteiger partial charge in [0.25, 0.3) is 0 Å². The number of hydrogen-bond acceptors (Lipinski definition) is 5. The number of halogens is 1. The van der Waals surface area contributed by atoms with Gasteiger partial charge in [-0.05, 0) is 49.1 Å². The third-order valence-electron chi connectivity index (χ3n) is 7.53. The smallest absolute Gasteiger partial charge is 0.243 e. The van der Waals surface area contributed by atoms with Crippen molar-refractivity contribution >= 4 is 41.9 Å². The molecule has 1 saturated carbocycles. The Morgan fingerprint density at radius 1 is 0.881 bits per heavy atom. The lowest BCUT2D eigenvalue weighted by Gasteiger charge is -2.32. The van der Waals surface area contributed by atoms with Crippen molar-refractivity contribution in [2.24, 2.45) is 33.8 Å². The van der Waals surface area contributed by atoms with Crippen molar-refractivity contribution in [3.8, 4) is 0 Å². The number of benzene rings is 2. The van der Waals surface area contributed by atoms with Gasteiger partial charge in [0.05, 0.1) is 5.92 Å². The number of hydrogen-bond donors (Lipinski definition) is 7. The number of rotatable bonds is 14. The van der Waals surface area contributed by atoms with E-state index in [0.717, 1.165) is 43.2 Å². The van der Waals surface area contributed by atoms with Crippen molar-refractivity contribution in [1.82, 2.24) is 10.6 Å². The highest BCUT2D eigenvalue weighted by molar-refractivity contribution is 5.95. The maximum Gasteiger partial charge on any atom is 0.243 e. The van der Waals surface area contributed by atoms with E-state index in [9.17, 15) is 14.4 Å². The first-order valence-corrected chi connectivity index (χ1v) is 14.1. The highest BCUT2D eigenvalue weighted by atomic mass is 35.5. The second-order valence-electron chi connectivity index (χ2n) is 10.6. The van der Waals surface area contributed by atoms with Gasteiger partial charge in [-0.2, -0.15) is 0 Å². The maximum absolute atomic E-state index is 13.9. The van der Waals surface area contributed by atoms with Gasteiger partial charge < -0.3 is 33.6 Å². The van der Waals surface area contributed by atoms with Crippen molar-refractivity contribution < 1.29 is 14.4 Å². The molecule has 1 aliphatic carbocycles. The van der Waals surface area contributed by atoms with Gasteiger partial charge in [-0.25, -0.2) is 0 Å². The molecule has 3 atom stereocenters. The molecule has 2 aromatic rings. The molecule has 0 heterocycles. The van der Waals surface area contributed by atoms with Crippen LogP contribution in [0.5, 0.6) is 0 Å². The van der Waals surface area contributed by atoms with E-state index in [1.54, 1.807) is 12.1 Å². The van der Waals surface area contributed by atoms with E-state index < -0.39 is 29.8 Å². The number of guanidine groups is 1. The molecule has 11 N–H and O–H groups in total. The van der Waals surface area contributed by atoms with Crippen LogP contribution < -0.4 is 33.6 Å². The Morgan fingerprint density at radius 2 is 1.52 bits per heavy atom. The van der Waals surface area contributed by atoms with E-state index in [-0.39, 0.29) is 42.4 Å². The summed E-state index contributed by atoms with van der Waals surface area (Å²) in [6, 6.07) is 14.9. The Morgan fingerprint density at radius 3 is 2.10 bits per heavy atom. The van der Waals surface area contributed by atoms with Crippen LogP contribution >= 0.6 is 12.4 Å². The van der Waals surface area contributed by atoms with Crippen molar-refractivity contribution in [3.63, 3.8) is 0 Å². The molecule has 42 heavy (non-hydrogen) atoms. The lowest BCUT2D eigenvalue weighted by Crippen LogP contribution is -2.56. The van der Waals surface area contributed by atoms with Crippen LogP contribution in [0.4, 0.5) is 0 Å². The first-order chi connectivity index (χ1) is 19.7. The fraction of sp³-hybridized carbons (Fsp3) is 0.433. The number of primary amides is 1. The summed E-state index contributed by atoms with van der Waals surface area (Å²) in [5.41, 5.74) is 24.2. The number of aliphatic imine (C=N–C) groups is 1. The van der Waals surface area contributed by atoms with E-state index in [1.807, 2.05) is 42.5 Å². The lowest BCUT2D eigenvalue weighted by molar-refractivity contribution is -0.133. The molecule has 0 saturated heterocycles. The molecule has 0 radical (unpaired) electrons. The summed E-state index contributed by atoms with van der Waals surface area (Å²) in [6.45, 7) is 0.303. The van der Waals surface area contributed by atoms with Gasteiger partial charge in [-0.1, -0.05) is 73.9 Å². The summed E-state index contributed by atoms with van der Waals surface area (Å²) in [6.07, 6.45) is 5.72. The summed E-state index contributed by atoms with van der Waals surface area (Å²) >= 11 is 0. The molecule has 2 aromatic carbocycles. The molecular weight excluding hydrogens is 556 g/mol. The Bertz CT molecular complexity index is 1210. The molecule has 12 heteroatoms. The standard InChI is InChI=1S/C30H42N8O3.ClH/c31-26(32)22-15-13-19(14-16-22)18-23(20-8-3-1-4-9-20)28(40)38-25(21-10-5-2-6-11-21)29(41)37-24(27(33)39)12-7-17-36-30(34)35;/h1,3-4,8-9,13-16,21,23-25H,2,5-7,10-12,17-18H2,(H3,31,32)(H2,33,39)(H,37,41)(H,38,40)(H4,34,35,36);1H/t23?,24-,25-;/m0./s1. The predicted molar refractivity (Wildman–Crippen MR) is 167 cm³/mol. The van der Waals surface area contributed by atoms with Crippen molar-refractivity contribution in [2.75, 3.05) is 6.54 Å². The molecule has 1 aliphatic rings. The van der Waals surface area contributed by atoms with Crippen LogP contribution in [0.15, 0.2) is 59.6 Å². The molecule has 3 rings (SSSR count). The minimum Gasteiger partial charge on any atom is -0.384 e. The molecule has 11 nitrogen and oxygen atoms in total. The molecule has 0 aliphatic heterocycles. The third kappa shape index (κ3) is 10.4. The Kier molecular flexibility index (Phi) is 13.8. The minimum absolute atomic E-state index is 0. The SMILES string of the molecule is Cl.N=C(N)c1ccc(CC(C(=O)N[C@H](C(=O)N[C@@H](CCCN=C(N)N)C(N)=O)C2CCCCC2)c2ccccc2)cc1. The van der Waals surface area contributed by atoms with Gasteiger partial charge >= 0.3 is 0 Å². The van der Waals surface area contributed by atoms with Crippen molar-refractivity contribution in [1.29, 1.82) is 5.41 Å². The first-order valence-electron chi connectivity index (χ1n) is 14.1. The molecule has 3 amide bonds. The highest BCUT2D eigenvalue weighted by Crippen LogP contribution is 2.28. The molecule has 0 bridgehead atoms. The second-order valence-corrected chi connectivity index (χ2v) is 10.6. The fourth-order valence-corrected chi connectivity index (χ4v) is 5.27. The lowest BCUT2D eigenvalue weighted by atomic mass is 9.82. The predicted octanol–water partition coefficient (Wildman–Crippen LogP) is 1.81. The van der Waals surface area contributed by atoms with Gasteiger partial charge in [-0.3, -0.25) is 24.8 Å². The summed E-state index contributed by atoms with van der Waals surface area (Å²) in [5.74, 6) is -2.06. The van der Waals surface area contributed by atoms with Crippen LogP contribution in [0.3, 0.4) is 0 Å². The zero-order valence-electron chi connectivity index (χ0n) is 23.8. The van der Waals surface area contributed by atoms with E-state index in [1.165, 1.54) is 0 Å². The average molecular weight is 599 g/mol. The van der Waals surface area contributed by atoms with Crippen LogP contribution in [0.2, 0.25) is 0 Å². The Balaban J connectivity index is 0.00000616. The number of carbonyl (C=O) groups is 3. The van der Waals surface area contributed by atoms with E-state index in [0.29, 0.717) is 24.9 Å². The normalized spacial score (nSPS) is 15.2. The minimum atomic E-state index is -0.913. The van der Waals surface area contributed by atoms with Crippen molar-refractivity contribution in [3.05, 3.63) is 71.3 Å². The van der Waals surface area contributed by atoms with Gasteiger partial charge in [0, 0.05) is 12.1 Å². The molecule has 228 valence electrons. The zero-order chi connectivity index (χ0) is 29.8. The van der Waals surface area contributed by atoms with Crippen LogP contribution in [0, 0.1) is 11.3 Å². The summed E-state index contributed by atoms with van der Waals surface area (Å²) in [5, 5.41) is 13.5. The number of nitrogens with zero attached hydrogens (tertiary/aromatic N) is 1. The van der Waals surface area contributed by atoms with Gasteiger partial charge in [0.1, 0.15) is 17.9 Å². The van der Waals surface area contributed by atoms with Crippen molar-refractivity contribution in [2.45, 2.75) is 69.4 Å². The van der Waals surface area contributed by atoms with Gasteiger partial charge in [0.15, 0.2) is 5.96 Å². The summed E-state index contributed by atoms with van der Waals surface area (Å²) < 4.78 is 0. The second kappa shape index (κ2) is 17.0. The largest absolute Gasteiger partial charge is 0.384 e. The number of nitrogens with two attached hydrogens (primary N) is 4. The summed E-state index contributed by atoms with van der Waals surface area (Å²) in [7, 11) is 0. The molecule has 0 aromatic heterocycles.